The van der Waals surface area contributed by atoms with E-state index in [1.165, 1.54) is 0 Å². The second-order valence-corrected chi connectivity index (χ2v) is 5.06. The van der Waals surface area contributed by atoms with E-state index in [1.54, 1.807) is 7.11 Å². The van der Waals surface area contributed by atoms with Crippen molar-refractivity contribution in [2.45, 2.75) is 6.92 Å². The minimum atomic E-state index is -0.0105. The highest BCUT2D eigenvalue weighted by atomic mass is 16.5. The number of hydrogen-bond acceptors (Lipinski definition) is 2. The molecular weight excluding hydrogens is 260 g/mol. The van der Waals surface area contributed by atoms with Gasteiger partial charge in [-0.1, -0.05) is 48.5 Å². The van der Waals surface area contributed by atoms with Crippen molar-refractivity contribution in [3.05, 3.63) is 77.4 Å². The van der Waals surface area contributed by atoms with Crippen LogP contribution in [0.25, 0.3) is 10.8 Å². The van der Waals surface area contributed by atoms with Gasteiger partial charge in [-0.25, -0.2) is 0 Å². The molecule has 0 saturated heterocycles. The molecule has 0 aliphatic heterocycles. The Morgan fingerprint density at radius 3 is 2.48 bits per heavy atom. The summed E-state index contributed by atoms with van der Waals surface area (Å²) in [7, 11) is 1.59. The first-order valence-electron chi connectivity index (χ1n) is 6.88. The van der Waals surface area contributed by atoms with Gasteiger partial charge in [0, 0.05) is 5.56 Å². The molecule has 21 heavy (non-hydrogen) atoms. The number of hydrogen-bond donors (Lipinski definition) is 0. The van der Waals surface area contributed by atoms with E-state index in [9.17, 15) is 4.79 Å². The van der Waals surface area contributed by atoms with Crippen molar-refractivity contribution >= 4 is 16.6 Å². The van der Waals surface area contributed by atoms with Crippen LogP contribution >= 0.6 is 0 Å². The highest BCUT2D eigenvalue weighted by Gasteiger charge is 2.16. The molecule has 0 aliphatic rings. The maximum absolute atomic E-state index is 12.9. The monoisotopic (exact) mass is 276 g/mol. The standard InChI is InChI=1S/C19H16O2/c1-13-10-11-17(18(12-13)21-2)19(20)16-9-5-7-14-6-3-4-8-15(14)16/h3-12H,1-2H3. The van der Waals surface area contributed by atoms with E-state index in [1.807, 2.05) is 67.6 Å². The summed E-state index contributed by atoms with van der Waals surface area (Å²) in [6.07, 6.45) is 0. The molecule has 0 aromatic heterocycles. The summed E-state index contributed by atoms with van der Waals surface area (Å²) >= 11 is 0. The molecule has 0 unspecified atom stereocenters. The molecule has 0 bridgehead atoms. The quantitative estimate of drug-likeness (QED) is 0.663. The van der Waals surface area contributed by atoms with E-state index >= 15 is 0 Å². The van der Waals surface area contributed by atoms with E-state index in [4.69, 9.17) is 4.74 Å². The number of aryl methyl sites for hydroxylation is 1. The fraction of sp³-hybridized carbons (Fsp3) is 0.105. The van der Waals surface area contributed by atoms with Crippen LogP contribution in [0.1, 0.15) is 21.5 Å². The predicted octanol–water partition coefficient (Wildman–Crippen LogP) is 4.39. The molecule has 0 atom stereocenters. The molecule has 0 radical (unpaired) electrons. The smallest absolute Gasteiger partial charge is 0.197 e. The summed E-state index contributed by atoms with van der Waals surface area (Å²) in [5.74, 6) is 0.608. The summed E-state index contributed by atoms with van der Waals surface area (Å²) in [6, 6.07) is 19.4. The molecule has 0 heterocycles. The lowest BCUT2D eigenvalue weighted by atomic mass is 9.96. The Hall–Kier alpha value is -2.61. The van der Waals surface area contributed by atoms with Crippen LogP contribution in [0.5, 0.6) is 5.75 Å². The van der Waals surface area contributed by atoms with Crippen molar-refractivity contribution in [1.29, 1.82) is 0 Å². The second kappa shape index (κ2) is 5.41. The SMILES string of the molecule is COc1cc(C)ccc1C(=O)c1cccc2ccccc12. The normalized spacial score (nSPS) is 10.6. The molecule has 3 aromatic rings. The average Bonchev–Trinajstić information content (AvgIpc) is 2.53. The Kier molecular flexibility index (Phi) is 3.44. The highest BCUT2D eigenvalue weighted by Crippen LogP contribution is 2.26. The molecule has 0 spiro atoms. The van der Waals surface area contributed by atoms with Crippen LogP contribution in [0.15, 0.2) is 60.7 Å². The van der Waals surface area contributed by atoms with Gasteiger partial charge in [-0.15, -0.1) is 0 Å². The summed E-state index contributed by atoms with van der Waals surface area (Å²) in [6.45, 7) is 1.98. The number of ether oxygens (including phenoxy) is 1. The lowest BCUT2D eigenvalue weighted by Crippen LogP contribution is -2.05. The molecule has 2 nitrogen and oxygen atoms in total. The number of fused-ring (bicyclic) bond motifs is 1. The third-order valence-corrected chi connectivity index (χ3v) is 3.64. The van der Waals surface area contributed by atoms with Crippen molar-refractivity contribution in [3.8, 4) is 5.75 Å². The summed E-state index contributed by atoms with van der Waals surface area (Å²) in [4.78, 5) is 12.9. The molecule has 0 saturated carbocycles. The van der Waals surface area contributed by atoms with E-state index in [0.29, 0.717) is 16.9 Å². The van der Waals surface area contributed by atoms with Gasteiger partial charge >= 0.3 is 0 Å². The molecule has 0 amide bonds. The highest BCUT2D eigenvalue weighted by molar-refractivity contribution is 6.17. The molecule has 3 aromatic carbocycles. The summed E-state index contributed by atoms with van der Waals surface area (Å²) in [5, 5.41) is 2.03. The Labute approximate surface area is 124 Å². The van der Waals surface area contributed by atoms with Crippen LogP contribution < -0.4 is 4.74 Å². The zero-order valence-corrected chi connectivity index (χ0v) is 12.1. The second-order valence-electron chi connectivity index (χ2n) is 5.06. The van der Waals surface area contributed by atoms with Crippen LogP contribution in [-0.2, 0) is 0 Å². The van der Waals surface area contributed by atoms with E-state index in [2.05, 4.69) is 0 Å². The van der Waals surface area contributed by atoms with Gasteiger partial charge < -0.3 is 4.74 Å². The fourth-order valence-electron chi connectivity index (χ4n) is 2.55. The number of carbonyl (C=O) groups excluding carboxylic acids is 1. The third-order valence-electron chi connectivity index (χ3n) is 3.64. The van der Waals surface area contributed by atoms with Crippen LogP contribution in [0.3, 0.4) is 0 Å². The fourth-order valence-corrected chi connectivity index (χ4v) is 2.55. The zero-order chi connectivity index (χ0) is 14.8. The topological polar surface area (TPSA) is 26.3 Å². The van der Waals surface area contributed by atoms with Gasteiger partial charge in [-0.3, -0.25) is 4.79 Å². The van der Waals surface area contributed by atoms with Crippen molar-refractivity contribution in [1.82, 2.24) is 0 Å². The third kappa shape index (κ3) is 2.40. The molecular formula is C19H16O2. The van der Waals surface area contributed by atoms with Gasteiger partial charge in [-0.2, -0.15) is 0 Å². The van der Waals surface area contributed by atoms with Gasteiger partial charge in [0.2, 0.25) is 0 Å². The minimum Gasteiger partial charge on any atom is -0.496 e. The maximum atomic E-state index is 12.9. The largest absolute Gasteiger partial charge is 0.496 e. The van der Waals surface area contributed by atoms with Crippen LogP contribution in [0.4, 0.5) is 0 Å². The first-order chi connectivity index (χ1) is 10.2. The van der Waals surface area contributed by atoms with Crippen LogP contribution in [0.2, 0.25) is 0 Å². The van der Waals surface area contributed by atoms with Crippen LogP contribution in [0, 0.1) is 6.92 Å². The maximum Gasteiger partial charge on any atom is 0.197 e. The van der Waals surface area contributed by atoms with Crippen molar-refractivity contribution in [2.75, 3.05) is 7.11 Å². The number of rotatable bonds is 3. The molecule has 2 heteroatoms. The molecule has 104 valence electrons. The van der Waals surface area contributed by atoms with Crippen molar-refractivity contribution < 1.29 is 9.53 Å². The molecule has 3 rings (SSSR count). The predicted molar refractivity (Wildman–Crippen MR) is 85.1 cm³/mol. The Bertz CT molecular complexity index is 813. The Balaban J connectivity index is 2.17. The number of methoxy groups -OCH3 is 1. The van der Waals surface area contributed by atoms with E-state index in [-0.39, 0.29) is 5.78 Å². The van der Waals surface area contributed by atoms with Gasteiger partial charge in [-0.05, 0) is 35.4 Å². The minimum absolute atomic E-state index is 0.0105. The summed E-state index contributed by atoms with van der Waals surface area (Å²) in [5.41, 5.74) is 2.37. The number of ketones is 1. The lowest BCUT2D eigenvalue weighted by molar-refractivity contribution is 0.103. The van der Waals surface area contributed by atoms with Crippen molar-refractivity contribution in [2.24, 2.45) is 0 Å². The summed E-state index contributed by atoms with van der Waals surface area (Å²) < 4.78 is 5.36. The lowest BCUT2D eigenvalue weighted by Gasteiger charge is -2.10. The zero-order valence-electron chi connectivity index (χ0n) is 12.1. The van der Waals surface area contributed by atoms with E-state index in [0.717, 1.165) is 16.3 Å². The van der Waals surface area contributed by atoms with Gasteiger partial charge in [0.25, 0.3) is 0 Å². The van der Waals surface area contributed by atoms with E-state index < -0.39 is 0 Å². The van der Waals surface area contributed by atoms with Crippen LogP contribution in [-0.4, -0.2) is 12.9 Å². The Morgan fingerprint density at radius 1 is 0.905 bits per heavy atom. The van der Waals surface area contributed by atoms with Gasteiger partial charge in [0.1, 0.15) is 5.75 Å². The first kappa shape index (κ1) is 13.4. The number of carbonyl (C=O) groups is 1. The first-order valence-corrected chi connectivity index (χ1v) is 6.88. The average molecular weight is 276 g/mol. The molecule has 0 aliphatic carbocycles. The Morgan fingerprint density at radius 2 is 1.67 bits per heavy atom. The molecule has 0 N–H and O–H groups in total. The van der Waals surface area contributed by atoms with Crippen molar-refractivity contribution in [3.63, 3.8) is 0 Å². The molecule has 0 fully saturated rings. The van der Waals surface area contributed by atoms with Gasteiger partial charge in [0.05, 0.1) is 12.7 Å². The number of benzene rings is 3. The van der Waals surface area contributed by atoms with Gasteiger partial charge in [0.15, 0.2) is 5.78 Å².